The third-order valence-electron chi connectivity index (χ3n) is 6.00. The number of ether oxygens (including phenoxy) is 3. The number of amides is 1. The van der Waals surface area contributed by atoms with Crippen molar-refractivity contribution in [3.05, 3.63) is 48.5 Å². The Labute approximate surface area is 191 Å². The van der Waals surface area contributed by atoms with Crippen molar-refractivity contribution in [3.63, 3.8) is 0 Å². The van der Waals surface area contributed by atoms with Crippen LogP contribution in [0.25, 0.3) is 10.2 Å². The van der Waals surface area contributed by atoms with Gasteiger partial charge >= 0.3 is 0 Å². The van der Waals surface area contributed by atoms with Crippen molar-refractivity contribution < 1.29 is 19.0 Å². The zero-order valence-corrected chi connectivity index (χ0v) is 18.8. The molecule has 0 atom stereocenters. The molecule has 7 nitrogen and oxygen atoms in total. The highest BCUT2D eigenvalue weighted by atomic mass is 32.1. The van der Waals surface area contributed by atoms with Crippen molar-refractivity contribution in [2.75, 3.05) is 46.0 Å². The number of hydrogen-bond donors (Lipinski definition) is 0. The Hall–Kier alpha value is -2.68. The molecule has 0 aliphatic carbocycles. The quantitative estimate of drug-likeness (QED) is 0.542. The fraction of sp³-hybridized carbons (Fsp3) is 0.417. The second kappa shape index (κ2) is 9.85. The van der Waals surface area contributed by atoms with Crippen LogP contribution in [0, 0.1) is 0 Å². The topological polar surface area (TPSA) is 64.1 Å². The molecule has 2 saturated heterocycles. The van der Waals surface area contributed by atoms with Gasteiger partial charge in [-0.05, 0) is 49.2 Å². The first kappa shape index (κ1) is 21.2. The molecule has 0 saturated carbocycles. The number of thiazole rings is 1. The van der Waals surface area contributed by atoms with Gasteiger partial charge in [-0.2, -0.15) is 0 Å². The summed E-state index contributed by atoms with van der Waals surface area (Å²) in [5.41, 5.74) is 0.952. The highest BCUT2D eigenvalue weighted by Gasteiger charge is 2.29. The molecule has 2 fully saturated rings. The van der Waals surface area contributed by atoms with E-state index in [9.17, 15) is 4.79 Å². The largest absolute Gasteiger partial charge is 0.492 e. The van der Waals surface area contributed by atoms with Crippen LogP contribution in [0.4, 0.5) is 0 Å². The fourth-order valence-electron chi connectivity index (χ4n) is 4.26. The average molecular weight is 454 g/mol. The summed E-state index contributed by atoms with van der Waals surface area (Å²) in [7, 11) is 0. The molecular weight excluding hydrogens is 426 g/mol. The number of carbonyl (C=O) groups is 1. The van der Waals surface area contributed by atoms with Gasteiger partial charge in [0.25, 0.3) is 5.19 Å². The Bertz CT molecular complexity index is 1010. The van der Waals surface area contributed by atoms with E-state index in [1.54, 1.807) is 0 Å². The van der Waals surface area contributed by atoms with Crippen LogP contribution in [0.15, 0.2) is 48.5 Å². The van der Waals surface area contributed by atoms with Crippen molar-refractivity contribution in [1.82, 2.24) is 14.8 Å². The number of carbonyl (C=O) groups excluding carboxylic acids is 1. The molecule has 2 aromatic carbocycles. The molecule has 32 heavy (non-hydrogen) atoms. The van der Waals surface area contributed by atoms with Gasteiger partial charge < -0.3 is 19.1 Å². The van der Waals surface area contributed by atoms with Crippen LogP contribution in [-0.4, -0.2) is 72.7 Å². The summed E-state index contributed by atoms with van der Waals surface area (Å²) >= 11 is 1.54. The van der Waals surface area contributed by atoms with E-state index in [2.05, 4.69) is 9.88 Å². The van der Waals surface area contributed by atoms with E-state index in [-0.39, 0.29) is 12.5 Å². The molecule has 3 heterocycles. The highest BCUT2D eigenvalue weighted by Crippen LogP contribution is 2.31. The van der Waals surface area contributed by atoms with E-state index >= 15 is 0 Å². The highest BCUT2D eigenvalue weighted by molar-refractivity contribution is 7.20. The molecule has 5 rings (SSSR count). The number of rotatable bonds is 7. The minimum absolute atomic E-state index is 0.133. The van der Waals surface area contributed by atoms with Crippen LogP contribution in [0.2, 0.25) is 0 Å². The third kappa shape index (κ3) is 5.03. The number of para-hydroxylation sites is 1. The molecule has 2 aliphatic rings. The van der Waals surface area contributed by atoms with E-state index in [0.29, 0.717) is 24.4 Å². The van der Waals surface area contributed by atoms with Crippen molar-refractivity contribution >= 4 is 27.5 Å². The van der Waals surface area contributed by atoms with E-state index < -0.39 is 0 Å². The molecular formula is C24H27N3O4S. The summed E-state index contributed by atoms with van der Waals surface area (Å²) in [4.78, 5) is 20.9. The zero-order chi connectivity index (χ0) is 21.8. The number of hydrogen-bond acceptors (Lipinski definition) is 7. The van der Waals surface area contributed by atoms with Crippen LogP contribution < -0.4 is 9.47 Å². The molecule has 0 bridgehead atoms. The first-order valence-electron chi connectivity index (χ1n) is 11.1. The van der Waals surface area contributed by atoms with Crippen molar-refractivity contribution in [2.45, 2.75) is 18.9 Å². The molecule has 0 spiro atoms. The van der Waals surface area contributed by atoms with Crippen LogP contribution in [0.3, 0.4) is 0 Å². The van der Waals surface area contributed by atoms with Gasteiger partial charge in [0.15, 0.2) is 0 Å². The number of aromatic nitrogens is 1. The molecule has 0 radical (unpaired) electrons. The second-order valence-corrected chi connectivity index (χ2v) is 9.08. The van der Waals surface area contributed by atoms with Gasteiger partial charge in [-0.25, -0.2) is 4.98 Å². The Morgan fingerprint density at radius 2 is 1.81 bits per heavy atom. The van der Waals surface area contributed by atoms with Gasteiger partial charge in [0.1, 0.15) is 24.7 Å². The second-order valence-electron chi connectivity index (χ2n) is 8.08. The maximum absolute atomic E-state index is 12.0. The normalized spacial score (nSPS) is 18.2. The molecule has 2 aliphatic heterocycles. The van der Waals surface area contributed by atoms with E-state index in [4.69, 9.17) is 14.2 Å². The predicted molar refractivity (Wildman–Crippen MR) is 124 cm³/mol. The number of piperidine rings is 1. The minimum Gasteiger partial charge on any atom is -0.492 e. The molecule has 168 valence electrons. The van der Waals surface area contributed by atoms with E-state index in [1.807, 2.05) is 53.4 Å². The van der Waals surface area contributed by atoms with Crippen LogP contribution in [0.1, 0.15) is 12.8 Å². The molecule has 8 heteroatoms. The van der Waals surface area contributed by atoms with Crippen molar-refractivity contribution in [2.24, 2.45) is 0 Å². The van der Waals surface area contributed by atoms with Gasteiger partial charge in [-0.1, -0.05) is 23.5 Å². The van der Waals surface area contributed by atoms with Gasteiger partial charge in [-0.3, -0.25) is 9.69 Å². The molecule has 0 N–H and O–H groups in total. The van der Waals surface area contributed by atoms with Gasteiger partial charge in [-0.15, -0.1) is 0 Å². The van der Waals surface area contributed by atoms with Crippen LogP contribution in [-0.2, 0) is 9.53 Å². The van der Waals surface area contributed by atoms with Gasteiger partial charge in [0.2, 0.25) is 5.91 Å². The third-order valence-corrected chi connectivity index (χ3v) is 6.91. The smallest absolute Gasteiger partial charge is 0.279 e. The lowest BCUT2D eigenvalue weighted by Gasteiger charge is -2.40. The summed E-state index contributed by atoms with van der Waals surface area (Å²) in [5, 5.41) is 0.641. The molecule has 3 aromatic rings. The van der Waals surface area contributed by atoms with Crippen molar-refractivity contribution in [1.29, 1.82) is 0 Å². The lowest BCUT2D eigenvalue weighted by Crippen LogP contribution is -2.52. The van der Waals surface area contributed by atoms with Crippen LogP contribution >= 0.6 is 11.3 Å². The number of benzene rings is 2. The minimum atomic E-state index is 0.133. The van der Waals surface area contributed by atoms with Crippen LogP contribution in [0.5, 0.6) is 16.7 Å². The first-order valence-corrected chi connectivity index (χ1v) is 11.9. The number of nitrogens with zero attached hydrogens (tertiary/aromatic N) is 3. The van der Waals surface area contributed by atoms with Gasteiger partial charge in [0, 0.05) is 32.2 Å². The first-order chi connectivity index (χ1) is 15.7. The fourth-order valence-corrected chi connectivity index (χ4v) is 5.10. The summed E-state index contributed by atoms with van der Waals surface area (Å²) in [6.07, 6.45) is 2.03. The summed E-state index contributed by atoms with van der Waals surface area (Å²) in [5.74, 6) is 1.71. The summed E-state index contributed by atoms with van der Waals surface area (Å²) in [6.45, 7) is 5.13. The molecule has 0 unspecified atom stereocenters. The Balaban J connectivity index is 1.05. The van der Waals surface area contributed by atoms with Crippen molar-refractivity contribution in [3.8, 4) is 16.7 Å². The Morgan fingerprint density at radius 1 is 1.03 bits per heavy atom. The lowest BCUT2D eigenvalue weighted by atomic mass is 10.0. The van der Waals surface area contributed by atoms with Gasteiger partial charge in [0.05, 0.1) is 16.8 Å². The summed E-state index contributed by atoms with van der Waals surface area (Å²) < 4.78 is 18.2. The standard InChI is InChI=1S/C24H27N3O4S/c28-23-17-29-15-14-27(23)18-9-11-26(12-10-18)13-16-30-19-5-7-20(8-6-19)31-24-25-21-3-1-2-4-22(21)32-24/h1-8,18H,9-17H2. The Morgan fingerprint density at radius 3 is 2.59 bits per heavy atom. The monoisotopic (exact) mass is 453 g/mol. The Kier molecular flexibility index (Phi) is 6.52. The molecule has 1 aromatic heterocycles. The number of likely N-dealkylation sites (tertiary alicyclic amines) is 1. The zero-order valence-electron chi connectivity index (χ0n) is 17.9. The van der Waals surface area contributed by atoms with E-state index in [0.717, 1.165) is 60.7 Å². The number of morpholine rings is 1. The number of fused-ring (bicyclic) bond motifs is 1. The van der Waals surface area contributed by atoms with E-state index in [1.165, 1.54) is 11.3 Å². The lowest BCUT2D eigenvalue weighted by molar-refractivity contribution is -0.146. The summed E-state index contributed by atoms with van der Waals surface area (Å²) in [6, 6.07) is 16.0. The predicted octanol–water partition coefficient (Wildman–Crippen LogP) is 3.79. The maximum atomic E-state index is 12.0. The molecule has 1 amide bonds. The SMILES string of the molecule is O=C1COCCN1C1CCN(CCOc2ccc(Oc3nc4ccccc4s3)cc2)CC1. The average Bonchev–Trinajstić information content (AvgIpc) is 3.23. The maximum Gasteiger partial charge on any atom is 0.279 e.